The zero-order valence-electron chi connectivity index (χ0n) is 9.42. The van der Waals surface area contributed by atoms with Gasteiger partial charge in [-0.2, -0.15) is 0 Å². The minimum atomic E-state index is -0.0734. The maximum absolute atomic E-state index is 11.6. The van der Waals surface area contributed by atoms with Crippen LogP contribution in [-0.2, 0) is 10.3 Å². The second-order valence-corrected chi connectivity index (χ2v) is 5.31. The Morgan fingerprint density at radius 2 is 2.25 bits per heavy atom. The summed E-state index contributed by atoms with van der Waals surface area (Å²) in [5.41, 5.74) is 1.14. The van der Waals surface area contributed by atoms with Gasteiger partial charge in [0.15, 0.2) is 0 Å². The Morgan fingerprint density at radius 3 is 2.81 bits per heavy atom. The van der Waals surface area contributed by atoms with Gasteiger partial charge in [-0.25, -0.2) is 0 Å². The minimum Gasteiger partial charge on any atom is -0.347 e. The Balaban J connectivity index is 2.11. The van der Waals surface area contributed by atoms with Crippen LogP contribution in [0, 0.1) is 0 Å². The van der Waals surface area contributed by atoms with Crippen LogP contribution in [0.2, 0.25) is 0 Å². The number of hydrogen-bond donors (Lipinski definition) is 1. The van der Waals surface area contributed by atoms with E-state index in [2.05, 4.69) is 33.4 Å². The molecule has 0 heterocycles. The van der Waals surface area contributed by atoms with E-state index in [4.69, 9.17) is 0 Å². The predicted molar refractivity (Wildman–Crippen MR) is 68.1 cm³/mol. The molecule has 1 N–H and O–H groups in total. The monoisotopic (exact) mass is 281 g/mol. The first-order valence-electron chi connectivity index (χ1n) is 5.73. The molecule has 1 fully saturated rings. The average molecular weight is 282 g/mol. The fourth-order valence-corrected chi connectivity index (χ4v) is 2.35. The summed E-state index contributed by atoms with van der Waals surface area (Å²) in [4.78, 5) is 11.6. The molecule has 0 radical (unpaired) electrons. The number of hydrogen-bond acceptors (Lipinski definition) is 1. The molecule has 0 atom stereocenters. The van der Waals surface area contributed by atoms with E-state index in [0.717, 1.165) is 23.7 Å². The van der Waals surface area contributed by atoms with Crippen molar-refractivity contribution in [2.24, 2.45) is 0 Å². The summed E-state index contributed by atoms with van der Waals surface area (Å²) in [5.74, 6) is 0.167. The first-order valence-corrected chi connectivity index (χ1v) is 6.53. The van der Waals surface area contributed by atoms with Crippen molar-refractivity contribution in [3.63, 3.8) is 0 Å². The molecular formula is C13H16BrNO. The molecule has 86 valence electrons. The lowest BCUT2D eigenvalue weighted by atomic mass is 10.0. The van der Waals surface area contributed by atoms with Crippen molar-refractivity contribution in [2.75, 3.05) is 0 Å². The molecule has 0 saturated heterocycles. The van der Waals surface area contributed by atoms with Crippen molar-refractivity contribution < 1.29 is 4.79 Å². The summed E-state index contributed by atoms with van der Waals surface area (Å²) >= 11 is 3.47. The molecule has 0 aromatic heterocycles. The number of benzene rings is 1. The van der Waals surface area contributed by atoms with Gasteiger partial charge in [0.25, 0.3) is 0 Å². The Kier molecular flexibility index (Phi) is 3.33. The van der Waals surface area contributed by atoms with Crippen LogP contribution in [0.25, 0.3) is 0 Å². The average Bonchev–Trinajstić information content (AvgIpc) is 2.99. The van der Waals surface area contributed by atoms with E-state index >= 15 is 0 Å². The lowest BCUT2D eigenvalue weighted by Gasteiger charge is -2.18. The maximum atomic E-state index is 11.6. The summed E-state index contributed by atoms with van der Waals surface area (Å²) in [6.45, 7) is 2.03. The molecule has 0 aliphatic heterocycles. The molecule has 2 nitrogen and oxygen atoms in total. The van der Waals surface area contributed by atoms with Crippen LogP contribution in [0.4, 0.5) is 0 Å². The standard InChI is InChI=1S/C13H16BrNO/c1-2-4-12(16)15-13(7-8-13)10-5-3-6-11(14)9-10/h3,5-6,9H,2,4,7-8H2,1H3,(H,15,16). The van der Waals surface area contributed by atoms with Gasteiger partial charge in [0.2, 0.25) is 5.91 Å². The Bertz CT molecular complexity index is 399. The molecule has 1 amide bonds. The van der Waals surface area contributed by atoms with Crippen LogP contribution in [0.5, 0.6) is 0 Å². The van der Waals surface area contributed by atoms with E-state index in [-0.39, 0.29) is 11.4 Å². The molecule has 1 aromatic rings. The van der Waals surface area contributed by atoms with E-state index in [1.165, 1.54) is 5.56 Å². The molecule has 1 aromatic carbocycles. The van der Waals surface area contributed by atoms with Crippen molar-refractivity contribution in [3.8, 4) is 0 Å². The smallest absolute Gasteiger partial charge is 0.220 e. The fraction of sp³-hybridized carbons (Fsp3) is 0.462. The van der Waals surface area contributed by atoms with Crippen LogP contribution in [0.3, 0.4) is 0 Å². The Hall–Kier alpha value is -0.830. The van der Waals surface area contributed by atoms with Gasteiger partial charge in [0.1, 0.15) is 0 Å². The van der Waals surface area contributed by atoms with Gasteiger partial charge in [-0.05, 0) is 37.0 Å². The number of amides is 1. The molecule has 16 heavy (non-hydrogen) atoms. The van der Waals surface area contributed by atoms with Gasteiger partial charge < -0.3 is 5.32 Å². The normalized spacial score (nSPS) is 16.9. The first-order chi connectivity index (χ1) is 7.66. The zero-order valence-corrected chi connectivity index (χ0v) is 11.0. The molecule has 1 saturated carbocycles. The highest BCUT2D eigenvalue weighted by molar-refractivity contribution is 9.10. The molecular weight excluding hydrogens is 266 g/mol. The Labute approximate surface area is 105 Å². The summed E-state index contributed by atoms with van der Waals surface area (Å²) in [5, 5.41) is 3.15. The predicted octanol–water partition coefficient (Wildman–Crippen LogP) is 3.35. The van der Waals surface area contributed by atoms with Crippen molar-refractivity contribution in [3.05, 3.63) is 34.3 Å². The Morgan fingerprint density at radius 1 is 1.50 bits per heavy atom. The van der Waals surface area contributed by atoms with E-state index in [1.54, 1.807) is 0 Å². The number of rotatable bonds is 4. The van der Waals surface area contributed by atoms with Gasteiger partial charge in [-0.3, -0.25) is 4.79 Å². The van der Waals surface area contributed by atoms with Crippen LogP contribution in [-0.4, -0.2) is 5.91 Å². The zero-order chi connectivity index (χ0) is 11.6. The third-order valence-electron chi connectivity index (χ3n) is 2.98. The summed E-state index contributed by atoms with van der Waals surface area (Å²) in [6, 6.07) is 8.21. The highest BCUT2D eigenvalue weighted by Crippen LogP contribution is 2.46. The number of nitrogens with one attached hydrogen (secondary N) is 1. The van der Waals surface area contributed by atoms with Crippen molar-refractivity contribution in [1.82, 2.24) is 5.32 Å². The molecule has 0 unspecified atom stereocenters. The molecule has 0 bridgehead atoms. The largest absolute Gasteiger partial charge is 0.347 e. The van der Waals surface area contributed by atoms with E-state index in [1.807, 2.05) is 19.1 Å². The van der Waals surface area contributed by atoms with Gasteiger partial charge in [-0.15, -0.1) is 0 Å². The number of carbonyl (C=O) groups is 1. The minimum absolute atomic E-state index is 0.0734. The molecule has 0 spiro atoms. The lowest BCUT2D eigenvalue weighted by molar-refractivity contribution is -0.122. The molecule has 1 aliphatic carbocycles. The van der Waals surface area contributed by atoms with Gasteiger partial charge in [0.05, 0.1) is 5.54 Å². The van der Waals surface area contributed by atoms with Crippen LogP contribution in [0.1, 0.15) is 38.2 Å². The van der Waals surface area contributed by atoms with Gasteiger partial charge in [0, 0.05) is 10.9 Å². The molecule has 3 heteroatoms. The lowest BCUT2D eigenvalue weighted by Crippen LogP contribution is -2.34. The van der Waals surface area contributed by atoms with Crippen LogP contribution in [0.15, 0.2) is 28.7 Å². The maximum Gasteiger partial charge on any atom is 0.220 e. The SMILES string of the molecule is CCCC(=O)NC1(c2cccc(Br)c2)CC1. The topological polar surface area (TPSA) is 29.1 Å². The number of halogens is 1. The van der Waals surface area contributed by atoms with Crippen LogP contribution >= 0.6 is 15.9 Å². The highest BCUT2D eigenvalue weighted by atomic mass is 79.9. The van der Waals surface area contributed by atoms with Crippen molar-refractivity contribution >= 4 is 21.8 Å². The quantitative estimate of drug-likeness (QED) is 0.901. The van der Waals surface area contributed by atoms with E-state index in [0.29, 0.717) is 6.42 Å². The van der Waals surface area contributed by atoms with Gasteiger partial charge in [-0.1, -0.05) is 35.0 Å². The summed E-state index contributed by atoms with van der Waals surface area (Å²) in [7, 11) is 0. The highest BCUT2D eigenvalue weighted by Gasteiger charge is 2.45. The summed E-state index contributed by atoms with van der Waals surface area (Å²) < 4.78 is 1.07. The fourth-order valence-electron chi connectivity index (χ4n) is 1.95. The first kappa shape index (κ1) is 11.6. The van der Waals surface area contributed by atoms with Crippen molar-refractivity contribution in [2.45, 2.75) is 38.1 Å². The van der Waals surface area contributed by atoms with Crippen molar-refractivity contribution in [1.29, 1.82) is 0 Å². The second kappa shape index (κ2) is 4.58. The molecule has 2 rings (SSSR count). The third kappa shape index (κ3) is 2.46. The second-order valence-electron chi connectivity index (χ2n) is 4.39. The summed E-state index contributed by atoms with van der Waals surface area (Å²) in [6.07, 6.45) is 3.63. The third-order valence-corrected chi connectivity index (χ3v) is 3.48. The van der Waals surface area contributed by atoms with Crippen LogP contribution < -0.4 is 5.32 Å². The van der Waals surface area contributed by atoms with E-state index < -0.39 is 0 Å². The number of carbonyl (C=O) groups excluding carboxylic acids is 1. The van der Waals surface area contributed by atoms with E-state index in [9.17, 15) is 4.79 Å². The van der Waals surface area contributed by atoms with Gasteiger partial charge >= 0.3 is 0 Å². The molecule has 1 aliphatic rings.